The molecule has 2 rings (SSSR count). The maximum Gasteiger partial charge on any atom is 0.307 e. The average molecular weight is 428 g/mol. The van der Waals surface area contributed by atoms with Crippen molar-refractivity contribution in [3.05, 3.63) is 47.5 Å². The third-order valence-corrected chi connectivity index (χ3v) is 5.96. The Morgan fingerprint density at radius 1 is 1.07 bits per heavy atom. The van der Waals surface area contributed by atoms with Crippen LogP contribution in [0.1, 0.15) is 13.3 Å². The normalized spacial score (nSPS) is 11.0. The summed E-state index contributed by atoms with van der Waals surface area (Å²) in [4.78, 5) is 11.7. The van der Waals surface area contributed by atoms with Crippen LogP contribution in [-0.4, -0.2) is 41.8 Å². The van der Waals surface area contributed by atoms with Crippen molar-refractivity contribution in [1.82, 2.24) is 0 Å². The monoisotopic (exact) mass is 427 g/mol. The van der Waals surface area contributed by atoms with Crippen LogP contribution in [0.25, 0.3) is 0 Å². The van der Waals surface area contributed by atoms with Gasteiger partial charge < -0.3 is 14.2 Å². The quantitative estimate of drug-likeness (QED) is 0.569. The van der Waals surface area contributed by atoms with Crippen LogP contribution in [0, 0.1) is 0 Å². The molecule has 28 heavy (non-hydrogen) atoms. The number of carbonyl (C=O) groups is 1. The number of nitrogens with zero attached hydrogens (tertiary/aromatic N) is 1. The fourth-order valence-electron chi connectivity index (χ4n) is 2.53. The molecule has 0 unspecified atom stereocenters. The Hall–Kier alpha value is -2.45. The number of methoxy groups -OCH3 is 2. The van der Waals surface area contributed by atoms with Gasteiger partial charge >= 0.3 is 5.97 Å². The molecular formula is C19H22ClNO6S. The summed E-state index contributed by atoms with van der Waals surface area (Å²) in [6.45, 7) is 1.80. The molecule has 0 spiro atoms. The van der Waals surface area contributed by atoms with E-state index in [1.807, 2.05) is 0 Å². The molecule has 9 heteroatoms. The molecule has 0 amide bonds. The number of halogens is 1. The molecule has 0 fully saturated rings. The first kappa shape index (κ1) is 21.8. The summed E-state index contributed by atoms with van der Waals surface area (Å²) in [6, 6.07) is 10.8. The van der Waals surface area contributed by atoms with Crippen molar-refractivity contribution in [3.63, 3.8) is 0 Å². The zero-order chi connectivity index (χ0) is 20.7. The van der Waals surface area contributed by atoms with E-state index in [0.29, 0.717) is 11.4 Å². The van der Waals surface area contributed by atoms with E-state index in [4.69, 9.17) is 25.8 Å². The van der Waals surface area contributed by atoms with Gasteiger partial charge in [-0.1, -0.05) is 11.6 Å². The lowest BCUT2D eigenvalue weighted by Crippen LogP contribution is -2.33. The van der Waals surface area contributed by atoms with Crippen molar-refractivity contribution in [1.29, 1.82) is 0 Å². The van der Waals surface area contributed by atoms with Crippen molar-refractivity contribution in [2.75, 3.05) is 31.7 Å². The predicted molar refractivity (Wildman–Crippen MR) is 107 cm³/mol. The average Bonchev–Trinajstić information content (AvgIpc) is 2.68. The van der Waals surface area contributed by atoms with Crippen molar-refractivity contribution in [2.24, 2.45) is 0 Å². The first-order valence-electron chi connectivity index (χ1n) is 8.49. The molecule has 152 valence electrons. The molecule has 0 heterocycles. The van der Waals surface area contributed by atoms with E-state index in [1.165, 1.54) is 32.4 Å². The Bertz CT molecular complexity index is 915. The standard InChI is InChI=1S/C19H22ClNO6S/c1-4-27-19(22)11-12-21(15-6-8-16(25-2)9-7-15)28(23,24)18-13-14(20)5-10-17(18)26-3/h5-10,13H,4,11-12H2,1-3H3. The molecule has 7 nitrogen and oxygen atoms in total. The van der Waals surface area contributed by atoms with Gasteiger partial charge in [0.05, 0.1) is 32.9 Å². The van der Waals surface area contributed by atoms with Gasteiger partial charge in [0.15, 0.2) is 0 Å². The van der Waals surface area contributed by atoms with E-state index in [2.05, 4.69) is 0 Å². The van der Waals surface area contributed by atoms with Gasteiger partial charge in [-0.25, -0.2) is 8.42 Å². The van der Waals surface area contributed by atoms with E-state index in [9.17, 15) is 13.2 Å². The topological polar surface area (TPSA) is 82.1 Å². The minimum absolute atomic E-state index is 0.0952. The van der Waals surface area contributed by atoms with Crippen LogP contribution in [0.3, 0.4) is 0 Å². The second-order valence-electron chi connectivity index (χ2n) is 5.63. The minimum Gasteiger partial charge on any atom is -0.497 e. The lowest BCUT2D eigenvalue weighted by Gasteiger charge is -2.25. The molecule has 0 bridgehead atoms. The highest BCUT2D eigenvalue weighted by Gasteiger charge is 2.29. The lowest BCUT2D eigenvalue weighted by atomic mass is 10.3. The molecule has 0 radical (unpaired) electrons. The van der Waals surface area contributed by atoms with Crippen LogP contribution in [-0.2, 0) is 19.6 Å². The predicted octanol–water partition coefficient (Wildman–Crippen LogP) is 3.51. The highest BCUT2D eigenvalue weighted by atomic mass is 35.5. The first-order chi connectivity index (χ1) is 13.3. The number of benzene rings is 2. The number of sulfonamides is 1. The van der Waals surface area contributed by atoms with Crippen LogP contribution in [0.2, 0.25) is 5.02 Å². The summed E-state index contributed by atoms with van der Waals surface area (Å²) < 4.78 is 43.1. The van der Waals surface area contributed by atoms with Gasteiger partial charge in [-0.15, -0.1) is 0 Å². The van der Waals surface area contributed by atoms with E-state index in [1.54, 1.807) is 31.2 Å². The van der Waals surface area contributed by atoms with Gasteiger partial charge in [-0.2, -0.15) is 0 Å². The van der Waals surface area contributed by atoms with Gasteiger partial charge in [-0.3, -0.25) is 9.10 Å². The van der Waals surface area contributed by atoms with Gasteiger partial charge in [0.25, 0.3) is 10.0 Å². The number of anilines is 1. The third-order valence-electron chi connectivity index (χ3n) is 3.88. The number of rotatable bonds is 9. The molecule has 0 aliphatic rings. The molecule has 0 N–H and O–H groups in total. The fraction of sp³-hybridized carbons (Fsp3) is 0.316. The van der Waals surface area contributed by atoms with E-state index in [0.717, 1.165) is 4.31 Å². The zero-order valence-corrected chi connectivity index (χ0v) is 17.4. The molecule has 0 saturated carbocycles. The van der Waals surface area contributed by atoms with Crippen LogP contribution >= 0.6 is 11.6 Å². The second-order valence-corrected chi connectivity index (χ2v) is 7.89. The summed E-state index contributed by atoms with van der Waals surface area (Å²) in [5.41, 5.74) is 0.368. The SMILES string of the molecule is CCOC(=O)CCN(c1ccc(OC)cc1)S(=O)(=O)c1cc(Cl)ccc1OC. The lowest BCUT2D eigenvalue weighted by molar-refractivity contribution is -0.142. The van der Waals surface area contributed by atoms with Crippen LogP contribution in [0.5, 0.6) is 11.5 Å². The van der Waals surface area contributed by atoms with E-state index < -0.39 is 16.0 Å². The number of ether oxygens (including phenoxy) is 3. The van der Waals surface area contributed by atoms with Crippen LogP contribution in [0.4, 0.5) is 5.69 Å². The third kappa shape index (κ3) is 5.08. The minimum atomic E-state index is -4.07. The number of carbonyl (C=O) groups excluding carboxylic acids is 1. The second kappa shape index (κ2) is 9.66. The van der Waals surface area contributed by atoms with E-state index in [-0.39, 0.29) is 35.2 Å². The molecule has 0 aliphatic carbocycles. The summed E-state index contributed by atoms with van der Waals surface area (Å²) in [5, 5.41) is 0.249. The maximum absolute atomic E-state index is 13.4. The highest BCUT2D eigenvalue weighted by Crippen LogP contribution is 2.33. The fourth-order valence-corrected chi connectivity index (χ4v) is 4.42. The summed E-state index contributed by atoms with van der Waals surface area (Å²) in [7, 11) is -1.19. The van der Waals surface area contributed by atoms with Gasteiger partial charge in [0.1, 0.15) is 16.4 Å². The Balaban J connectivity index is 2.49. The van der Waals surface area contributed by atoms with Crippen LogP contribution < -0.4 is 13.8 Å². The summed E-state index contributed by atoms with van der Waals surface area (Å²) >= 11 is 6.01. The smallest absolute Gasteiger partial charge is 0.307 e. The van der Waals surface area contributed by atoms with Gasteiger partial charge in [-0.05, 0) is 49.4 Å². The maximum atomic E-state index is 13.4. The molecule has 0 saturated heterocycles. The largest absolute Gasteiger partial charge is 0.497 e. The van der Waals surface area contributed by atoms with Crippen molar-refractivity contribution >= 4 is 33.3 Å². The summed E-state index contributed by atoms with van der Waals surface area (Å²) in [6.07, 6.45) is -0.109. The first-order valence-corrected chi connectivity index (χ1v) is 10.3. The number of esters is 1. The van der Waals surface area contributed by atoms with Crippen molar-refractivity contribution in [3.8, 4) is 11.5 Å². The molecule has 0 atom stereocenters. The van der Waals surface area contributed by atoms with Gasteiger partial charge in [0, 0.05) is 11.6 Å². The Morgan fingerprint density at radius 2 is 1.75 bits per heavy atom. The molecular weight excluding hydrogens is 406 g/mol. The molecule has 2 aromatic rings. The number of hydrogen-bond donors (Lipinski definition) is 0. The van der Waals surface area contributed by atoms with E-state index >= 15 is 0 Å². The summed E-state index contributed by atoms with van der Waals surface area (Å²) in [5.74, 6) is 0.236. The van der Waals surface area contributed by atoms with Gasteiger partial charge in [0.2, 0.25) is 0 Å². The van der Waals surface area contributed by atoms with Crippen molar-refractivity contribution < 1.29 is 27.4 Å². The van der Waals surface area contributed by atoms with Crippen LogP contribution in [0.15, 0.2) is 47.4 Å². The molecule has 2 aromatic carbocycles. The zero-order valence-electron chi connectivity index (χ0n) is 15.8. The Kier molecular flexibility index (Phi) is 7.53. The van der Waals surface area contributed by atoms with Crippen molar-refractivity contribution in [2.45, 2.75) is 18.2 Å². The highest BCUT2D eigenvalue weighted by molar-refractivity contribution is 7.93. The Morgan fingerprint density at radius 3 is 2.32 bits per heavy atom. The molecule has 0 aliphatic heterocycles. The Labute approximate surface area is 169 Å². The number of hydrogen-bond acceptors (Lipinski definition) is 6. The molecule has 0 aromatic heterocycles.